The van der Waals surface area contributed by atoms with Crippen molar-refractivity contribution in [2.24, 2.45) is 0 Å². The molecule has 2 atom stereocenters. The van der Waals surface area contributed by atoms with Crippen molar-refractivity contribution >= 4 is 10.9 Å². The summed E-state index contributed by atoms with van der Waals surface area (Å²) < 4.78 is 0. The number of hydrogen-bond acceptors (Lipinski definition) is 5. The van der Waals surface area contributed by atoms with E-state index in [4.69, 9.17) is 0 Å². The number of benzene rings is 1. The molecule has 2 unspecified atom stereocenters. The molecule has 1 fully saturated rings. The van der Waals surface area contributed by atoms with Gasteiger partial charge in [-0.25, -0.2) is 4.98 Å². The Morgan fingerprint density at radius 1 is 1.35 bits per heavy atom. The summed E-state index contributed by atoms with van der Waals surface area (Å²) in [5.74, 6) is 0.554. The number of para-hydroxylation sites is 1. The van der Waals surface area contributed by atoms with Crippen molar-refractivity contribution in [3.8, 4) is 0 Å². The van der Waals surface area contributed by atoms with E-state index in [1.54, 1.807) is 6.07 Å². The number of rotatable bonds is 2. The Bertz CT molecular complexity index is 688. The molecular formula is C14H17N3O3. The Kier molecular flexibility index (Phi) is 3.29. The Balaban J connectivity index is 1.93. The van der Waals surface area contributed by atoms with Crippen molar-refractivity contribution in [3.63, 3.8) is 0 Å². The first-order valence-electron chi connectivity index (χ1n) is 6.61. The van der Waals surface area contributed by atoms with Crippen molar-refractivity contribution in [2.75, 3.05) is 13.1 Å². The van der Waals surface area contributed by atoms with Crippen LogP contribution in [0.2, 0.25) is 0 Å². The fraction of sp³-hybridized carbons (Fsp3) is 0.429. The molecule has 0 aliphatic carbocycles. The number of aromatic nitrogens is 2. The third kappa shape index (κ3) is 2.33. The molecule has 0 bridgehead atoms. The minimum absolute atomic E-state index is 0.158. The van der Waals surface area contributed by atoms with E-state index < -0.39 is 12.2 Å². The standard InChI is InChI=1S/C14H17N3O3/c1-8-3-2-4-9-13(8)15-12(16-14(9)20)7-17-5-10(18)11(19)6-17/h2-4,10-11,18-19H,5-7H2,1H3,(H,15,16,20). The highest BCUT2D eigenvalue weighted by molar-refractivity contribution is 5.80. The SMILES string of the molecule is Cc1cccc2c(=O)[nH]c(CN3CC(O)C(O)C3)nc12. The number of fused-ring (bicyclic) bond motifs is 1. The lowest BCUT2D eigenvalue weighted by Gasteiger charge is -2.14. The molecule has 3 N–H and O–H groups in total. The normalized spacial score (nSPS) is 23.6. The van der Waals surface area contributed by atoms with Crippen LogP contribution in [0.1, 0.15) is 11.4 Å². The maximum Gasteiger partial charge on any atom is 0.258 e. The Labute approximate surface area is 115 Å². The number of aromatic amines is 1. The molecule has 2 aromatic rings. The molecule has 1 saturated heterocycles. The van der Waals surface area contributed by atoms with Gasteiger partial charge >= 0.3 is 0 Å². The predicted octanol–water partition coefficient (Wildman–Crippen LogP) is -0.231. The molecule has 6 nitrogen and oxygen atoms in total. The molecule has 0 amide bonds. The number of likely N-dealkylation sites (tertiary alicyclic amines) is 1. The second kappa shape index (κ2) is 4.97. The first kappa shape index (κ1) is 13.2. The number of nitrogens with zero attached hydrogens (tertiary/aromatic N) is 2. The van der Waals surface area contributed by atoms with Crippen LogP contribution in [0.15, 0.2) is 23.0 Å². The second-order valence-electron chi connectivity index (χ2n) is 5.31. The molecule has 3 rings (SSSR count). The molecule has 0 spiro atoms. The summed E-state index contributed by atoms with van der Waals surface area (Å²) in [6.07, 6.45) is -1.46. The van der Waals surface area contributed by atoms with Crippen LogP contribution < -0.4 is 5.56 Å². The number of hydrogen-bond donors (Lipinski definition) is 3. The number of aryl methyl sites for hydroxylation is 1. The Morgan fingerprint density at radius 3 is 2.75 bits per heavy atom. The molecule has 0 saturated carbocycles. The first-order chi connectivity index (χ1) is 9.54. The summed E-state index contributed by atoms with van der Waals surface area (Å²) in [4.78, 5) is 21.2. The summed E-state index contributed by atoms with van der Waals surface area (Å²) >= 11 is 0. The van der Waals surface area contributed by atoms with Crippen molar-refractivity contribution in [2.45, 2.75) is 25.7 Å². The Morgan fingerprint density at radius 2 is 2.05 bits per heavy atom. The van der Waals surface area contributed by atoms with Gasteiger partial charge in [-0.15, -0.1) is 0 Å². The van der Waals surface area contributed by atoms with E-state index in [1.165, 1.54) is 0 Å². The second-order valence-corrected chi connectivity index (χ2v) is 5.31. The zero-order chi connectivity index (χ0) is 14.3. The number of aliphatic hydroxyl groups excluding tert-OH is 2. The quantitative estimate of drug-likeness (QED) is 0.704. The van der Waals surface area contributed by atoms with Gasteiger partial charge in [-0.1, -0.05) is 12.1 Å². The van der Waals surface area contributed by atoms with Crippen LogP contribution in [-0.4, -0.2) is 50.4 Å². The van der Waals surface area contributed by atoms with Gasteiger partial charge in [-0.2, -0.15) is 0 Å². The molecule has 1 aromatic heterocycles. The topological polar surface area (TPSA) is 89.5 Å². The summed E-state index contributed by atoms with van der Waals surface area (Å²) in [5.41, 5.74) is 1.50. The van der Waals surface area contributed by atoms with Gasteiger partial charge in [0.05, 0.1) is 29.7 Å². The van der Waals surface area contributed by atoms with E-state index in [0.717, 1.165) is 5.56 Å². The van der Waals surface area contributed by atoms with Crippen LogP contribution in [0.5, 0.6) is 0 Å². The van der Waals surface area contributed by atoms with E-state index >= 15 is 0 Å². The van der Waals surface area contributed by atoms with Crippen LogP contribution in [0, 0.1) is 6.92 Å². The highest BCUT2D eigenvalue weighted by Crippen LogP contribution is 2.15. The molecule has 6 heteroatoms. The van der Waals surface area contributed by atoms with Gasteiger partial charge in [0.1, 0.15) is 5.82 Å². The first-order valence-corrected chi connectivity index (χ1v) is 6.61. The molecular weight excluding hydrogens is 258 g/mol. The lowest BCUT2D eigenvalue weighted by molar-refractivity contribution is 0.0572. The fourth-order valence-corrected chi connectivity index (χ4v) is 2.61. The predicted molar refractivity (Wildman–Crippen MR) is 74.4 cm³/mol. The lowest BCUT2D eigenvalue weighted by atomic mass is 10.1. The molecule has 20 heavy (non-hydrogen) atoms. The summed E-state index contributed by atoms with van der Waals surface area (Å²) in [6.45, 7) is 3.10. The molecule has 2 heterocycles. The van der Waals surface area contributed by atoms with Crippen molar-refractivity contribution < 1.29 is 10.2 Å². The molecule has 0 radical (unpaired) electrons. The van der Waals surface area contributed by atoms with E-state index in [1.807, 2.05) is 24.0 Å². The van der Waals surface area contributed by atoms with Gasteiger partial charge in [-0.05, 0) is 18.6 Å². The summed E-state index contributed by atoms with van der Waals surface area (Å²) in [7, 11) is 0. The maximum absolute atomic E-state index is 12.0. The van der Waals surface area contributed by atoms with Gasteiger partial charge < -0.3 is 15.2 Å². The lowest BCUT2D eigenvalue weighted by Crippen LogP contribution is -2.24. The van der Waals surface area contributed by atoms with Crippen molar-refractivity contribution in [1.82, 2.24) is 14.9 Å². The molecule has 1 aliphatic rings. The largest absolute Gasteiger partial charge is 0.389 e. The van der Waals surface area contributed by atoms with Gasteiger partial charge in [-0.3, -0.25) is 9.69 Å². The third-order valence-electron chi connectivity index (χ3n) is 3.70. The van der Waals surface area contributed by atoms with E-state index in [9.17, 15) is 15.0 Å². The average Bonchev–Trinajstić information content (AvgIpc) is 2.70. The van der Waals surface area contributed by atoms with Crippen molar-refractivity contribution in [3.05, 3.63) is 39.9 Å². The van der Waals surface area contributed by atoms with Gasteiger partial charge in [0.2, 0.25) is 0 Å². The smallest absolute Gasteiger partial charge is 0.258 e. The monoisotopic (exact) mass is 275 g/mol. The van der Waals surface area contributed by atoms with Gasteiger partial charge in [0.15, 0.2) is 0 Å². The third-order valence-corrected chi connectivity index (χ3v) is 3.70. The van der Waals surface area contributed by atoms with Crippen LogP contribution in [0.4, 0.5) is 0 Å². The zero-order valence-electron chi connectivity index (χ0n) is 11.2. The highest BCUT2D eigenvalue weighted by Gasteiger charge is 2.29. The highest BCUT2D eigenvalue weighted by atomic mass is 16.3. The molecule has 1 aliphatic heterocycles. The number of β-amino-alcohol motifs (C(OH)–C–C–N with tert-alkyl or cyclic N) is 2. The zero-order valence-corrected chi connectivity index (χ0v) is 11.2. The molecule has 1 aromatic carbocycles. The van der Waals surface area contributed by atoms with Crippen LogP contribution in [-0.2, 0) is 6.54 Å². The molecule has 106 valence electrons. The van der Waals surface area contributed by atoms with Crippen LogP contribution in [0.3, 0.4) is 0 Å². The van der Waals surface area contributed by atoms with E-state index in [2.05, 4.69) is 9.97 Å². The van der Waals surface area contributed by atoms with E-state index in [-0.39, 0.29) is 5.56 Å². The van der Waals surface area contributed by atoms with Gasteiger partial charge in [0, 0.05) is 13.1 Å². The average molecular weight is 275 g/mol. The number of nitrogens with one attached hydrogen (secondary N) is 1. The van der Waals surface area contributed by atoms with Crippen LogP contribution >= 0.6 is 0 Å². The Hall–Kier alpha value is -1.76. The number of H-pyrrole nitrogens is 1. The van der Waals surface area contributed by atoms with Gasteiger partial charge in [0.25, 0.3) is 5.56 Å². The summed E-state index contributed by atoms with van der Waals surface area (Å²) in [6, 6.07) is 5.50. The minimum Gasteiger partial charge on any atom is -0.389 e. The number of aliphatic hydroxyl groups is 2. The van der Waals surface area contributed by atoms with Crippen molar-refractivity contribution in [1.29, 1.82) is 0 Å². The maximum atomic E-state index is 12.0. The fourth-order valence-electron chi connectivity index (χ4n) is 2.61. The van der Waals surface area contributed by atoms with Crippen LogP contribution in [0.25, 0.3) is 10.9 Å². The van der Waals surface area contributed by atoms with E-state index in [0.29, 0.717) is 36.4 Å². The minimum atomic E-state index is -0.732. The summed E-state index contributed by atoms with van der Waals surface area (Å²) in [5, 5.41) is 19.6.